The fourth-order valence-corrected chi connectivity index (χ4v) is 3.51. The van der Waals surface area contributed by atoms with Crippen LogP contribution in [0.1, 0.15) is 35.0 Å². The number of ether oxygens (including phenoxy) is 2. The van der Waals surface area contributed by atoms with Gasteiger partial charge in [-0.1, -0.05) is 24.3 Å². The molecule has 27 heavy (non-hydrogen) atoms. The fourth-order valence-electron chi connectivity index (χ4n) is 3.51. The molecule has 4 rings (SSSR count). The minimum Gasteiger partial charge on any atom is -0.497 e. The van der Waals surface area contributed by atoms with E-state index in [-0.39, 0.29) is 18.2 Å². The van der Waals surface area contributed by atoms with Crippen molar-refractivity contribution in [2.24, 2.45) is 0 Å². The van der Waals surface area contributed by atoms with Gasteiger partial charge in [0.15, 0.2) is 0 Å². The van der Waals surface area contributed by atoms with Crippen molar-refractivity contribution in [3.8, 4) is 5.75 Å². The lowest BCUT2D eigenvalue weighted by atomic mass is 10.1. The molecule has 1 N–H and O–H groups in total. The van der Waals surface area contributed by atoms with E-state index in [1.54, 1.807) is 55.6 Å². The van der Waals surface area contributed by atoms with Crippen LogP contribution in [0.3, 0.4) is 0 Å². The molecule has 0 bridgehead atoms. The van der Waals surface area contributed by atoms with Crippen molar-refractivity contribution in [1.29, 1.82) is 0 Å². The highest BCUT2D eigenvalue weighted by atomic mass is 16.6. The molecular formula is C20H18N2O5. The molecule has 2 aromatic carbocycles. The Hall–Kier alpha value is -3.35. The number of nitrogens with one attached hydrogen (secondary N) is 1. The van der Waals surface area contributed by atoms with E-state index in [1.165, 1.54) is 4.90 Å². The molecule has 7 nitrogen and oxygen atoms in total. The van der Waals surface area contributed by atoms with E-state index in [0.717, 1.165) is 0 Å². The van der Waals surface area contributed by atoms with Crippen LogP contribution in [-0.4, -0.2) is 35.8 Å². The molecule has 0 radical (unpaired) electrons. The van der Waals surface area contributed by atoms with E-state index in [1.807, 2.05) is 0 Å². The number of hydrogen-bond acceptors (Lipinski definition) is 5. The Bertz CT molecular complexity index is 926. The molecule has 0 aliphatic carbocycles. The minimum atomic E-state index is -0.871. The van der Waals surface area contributed by atoms with Crippen LogP contribution in [0.4, 0.5) is 5.69 Å². The van der Waals surface area contributed by atoms with Crippen LogP contribution >= 0.6 is 0 Å². The van der Waals surface area contributed by atoms with Crippen LogP contribution in [0.25, 0.3) is 0 Å². The summed E-state index contributed by atoms with van der Waals surface area (Å²) in [4.78, 5) is 38.8. The molecule has 2 atom stereocenters. The maximum atomic E-state index is 12.8. The molecular weight excluding hydrogens is 348 g/mol. The zero-order chi connectivity index (χ0) is 19.0. The number of methoxy groups -OCH3 is 1. The lowest BCUT2D eigenvalue weighted by Gasteiger charge is -2.29. The van der Waals surface area contributed by atoms with Crippen LogP contribution in [0.5, 0.6) is 5.75 Å². The van der Waals surface area contributed by atoms with Gasteiger partial charge in [-0.05, 0) is 24.6 Å². The van der Waals surface area contributed by atoms with Crippen LogP contribution in [0.15, 0.2) is 48.5 Å². The summed E-state index contributed by atoms with van der Waals surface area (Å²) >= 11 is 0. The number of nitrogens with zero attached hydrogens (tertiary/aromatic N) is 1. The Morgan fingerprint density at radius 3 is 2.81 bits per heavy atom. The number of cyclic esters (lactones) is 1. The van der Waals surface area contributed by atoms with Crippen molar-refractivity contribution in [3.63, 3.8) is 0 Å². The predicted octanol–water partition coefficient (Wildman–Crippen LogP) is 2.49. The average molecular weight is 366 g/mol. The maximum absolute atomic E-state index is 12.8. The second-order valence-corrected chi connectivity index (χ2v) is 6.42. The second-order valence-electron chi connectivity index (χ2n) is 6.42. The van der Waals surface area contributed by atoms with Crippen molar-refractivity contribution in [2.45, 2.75) is 25.1 Å². The highest BCUT2D eigenvalue weighted by Gasteiger charge is 2.46. The second kappa shape index (κ2) is 6.75. The van der Waals surface area contributed by atoms with Gasteiger partial charge in [0, 0.05) is 23.7 Å². The Morgan fingerprint density at radius 2 is 2.00 bits per heavy atom. The first kappa shape index (κ1) is 17.1. The number of esters is 1. The Balaban J connectivity index is 1.58. The SMILES string of the molecule is COc1cccc(NC(=O)[C@H]2CCC(=O)N2[C@H]2OC(=O)c3ccccc32)c1. The lowest BCUT2D eigenvalue weighted by Crippen LogP contribution is -2.43. The summed E-state index contributed by atoms with van der Waals surface area (Å²) in [6.45, 7) is 0. The first-order valence-electron chi connectivity index (χ1n) is 8.64. The number of anilines is 1. The van der Waals surface area contributed by atoms with Crippen molar-refractivity contribution in [1.82, 2.24) is 4.90 Å². The van der Waals surface area contributed by atoms with E-state index >= 15 is 0 Å². The molecule has 0 saturated carbocycles. The van der Waals surface area contributed by atoms with Crippen molar-refractivity contribution in [2.75, 3.05) is 12.4 Å². The van der Waals surface area contributed by atoms with Gasteiger partial charge in [-0.15, -0.1) is 0 Å². The van der Waals surface area contributed by atoms with Crippen molar-refractivity contribution in [3.05, 3.63) is 59.7 Å². The van der Waals surface area contributed by atoms with Crippen molar-refractivity contribution < 1.29 is 23.9 Å². The lowest BCUT2D eigenvalue weighted by molar-refractivity contribution is -0.144. The van der Waals surface area contributed by atoms with Crippen molar-refractivity contribution >= 4 is 23.5 Å². The molecule has 2 aliphatic rings. The third-order valence-corrected chi connectivity index (χ3v) is 4.81. The number of likely N-dealkylation sites (tertiary alicyclic amines) is 1. The Kier molecular flexibility index (Phi) is 4.27. The summed E-state index contributed by atoms with van der Waals surface area (Å²) in [6, 6.07) is 13.2. The van der Waals surface area contributed by atoms with Gasteiger partial charge in [-0.25, -0.2) is 4.79 Å². The molecule has 2 aromatic rings. The molecule has 0 aromatic heterocycles. The first-order chi connectivity index (χ1) is 13.1. The third-order valence-electron chi connectivity index (χ3n) is 4.81. The molecule has 0 spiro atoms. The van der Waals surface area contributed by atoms with Gasteiger partial charge in [0.2, 0.25) is 18.0 Å². The number of benzene rings is 2. The number of fused-ring (bicyclic) bond motifs is 1. The number of carbonyl (C=O) groups excluding carboxylic acids is 3. The molecule has 138 valence electrons. The molecule has 1 fully saturated rings. The third kappa shape index (κ3) is 3.01. The summed E-state index contributed by atoms with van der Waals surface area (Å²) in [5.74, 6) is -0.405. The van der Waals surface area contributed by atoms with E-state index in [0.29, 0.717) is 29.0 Å². The molecule has 2 heterocycles. The van der Waals surface area contributed by atoms with E-state index in [2.05, 4.69) is 5.32 Å². The quantitative estimate of drug-likeness (QED) is 0.841. The molecule has 2 amide bonds. The van der Waals surface area contributed by atoms with Gasteiger partial charge in [0.25, 0.3) is 0 Å². The van der Waals surface area contributed by atoms with E-state index in [4.69, 9.17) is 9.47 Å². The number of carbonyl (C=O) groups is 3. The minimum absolute atomic E-state index is 0.213. The highest BCUT2D eigenvalue weighted by Crippen LogP contribution is 2.38. The maximum Gasteiger partial charge on any atom is 0.340 e. The van der Waals surface area contributed by atoms with Gasteiger partial charge >= 0.3 is 5.97 Å². The number of amides is 2. The van der Waals surface area contributed by atoms with Crippen LogP contribution in [0.2, 0.25) is 0 Å². The smallest absolute Gasteiger partial charge is 0.340 e. The zero-order valence-electron chi connectivity index (χ0n) is 14.7. The monoisotopic (exact) mass is 366 g/mol. The topological polar surface area (TPSA) is 84.9 Å². The zero-order valence-corrected chi connectivity index (χ0v) is 14.7. The van der Waals surface area contributed by atoms with Gasteiger partial charge in [0.05, 0.1) is 12.7 Å². The molecule has 2 aliphatic heterocycles. The van der Waals surface area contributed by atoms with Crippen LogP contribution < -0.4 is 10.1 Å². The number of rotatable bonds is 4. The van der Waals surface area contributed by atoms with Gasteiger partial charge in [-0.2, -0.15) is 0 Å². The summed E-state index contributed by atoms with van der Waals surface area (Å²) in [5.41, 5.74) is 1.61. The largest absolute Gasteiger partial charge is 0.497 e. The molecule has 7 heteroatoms. The predicted molar refractivity (Wildman–Crippen MR) is 96.1 cm³/mol. The van der Waals surface area contributed by atoms with Gasteiger partial charge in [0.1, 0.15) is 11.8 Å². The normalized spacial score (nSPS) is 21.0. The summed E-state index contributed by atoms with van der Waals surface area (Å²) in [6.07, 6.45) is -0.276. The summed E-state index contributed by atoms with van der Waals surface area (Å²) in [5, 5.41) is 2.81. The molecule has 0 unspecified atom stereocenters. The van der Waals surface area contributed by atoms with Gasteiger partial charge < -0.3 is 14.8 Å². The van der Waals surface area contributed by atoms with Crippen LogP contribution in [-0.2, 0) is 14.3 Å². The first-order valence-corrected chi connectivity index (χ1v) is 8.64. The van der Waals surface area contributed by atoms with E-state index in [9.17, 15) is 14.4 Å². The fraction of sp³-hybridized carbons (Fsp3) is 0.250. The summed E-state index contributed by atoms with van der Waals surface area (Å²) in [7, 11) is 1.55. The standard InChI is InChI=1S/C20H18N2O5/c1-26-13-6-4-5-12(11-13)21-18(24)16-9-10-17(23)22(16)19-14-7-2-3-8-15(14)20(25)27-19/h2-8,11,16,19H,9-10H2,1H3,(H,21,24)/t16-,19+/m1/s1. The Morgan fingerprint density at radius 1 is 1.19 bits per heavy atom. The highest BCUT2D eigenvalue weighted by molar-refractivity contribution is 6.00. The van der Waals surface area contributed by atoms with Gasteiger partial charge in [-0.3, -0.25) is 14.5 Å². The average Bonchev–Trinajstić information content (AvgIpc) is 3.22. The Labute approximate surface area is 155 Å². The summed E-state index contributed by atoms with van der Waals surface area (Å²) < 4.78 is 10.6. The van der Waals surface area contributed by atoms with E-state index < -0.39 is 18.2 Å². The number of hydrogen-bond donors (Lipinski definition) is 1. The van der Waals surface area contributed by atoms with Crippen LogP contribution in [0, 0.1) is 0 Å². The molecule has 1 saturated heterocycles.